The van der Waals surface area contributed by atoms with E-state index in [9.17, 15) is 0 Å². The van der Waals surface area contributed by atoms with Gasteiger partial charge in [0.2, 0.25) is 0 Å². The van der Waals surface area contributed by atoms with Crippen molar-refractivity contribution in [3.05, 3.63) is 47.8 Å². The van der Waals surface area contributed by atoms with Gasteiger partial charge in [-0.05, 0) is 11.6 Å². The molecule has 19 heavy (non-hydrogen) atoms. The Balaban J connectivity index is 2.25. The van der Waals surface area contributed by atoms with Gasteiger partial charge in [-0.15, -0.1) is 0 Å². The van der Waals surface area contributed by atoms with Gasteiger partial charge in [-0.3, -0.25) is 0 Å². The Morgan fingerprint density at radius 2 is 1.63 bits per heavy atom. The lowest BCUT2D eigenvalue weighted by Gasteiger charge is -2.03. The lowest BCUT2D eigenvalue weighted by atomic mass is 10.0. The van der Waals surface area contributed by atoms with E-state index in [0.29, 0.717) is 0 Å². The first-order valence-electron chi connectivity index (χ1n) is 6.59. The Bertz CT molecular complexity index is 491. The van der Waals surface area contributed by atoms with Crippen LogP contribution in [0.3, 0.4) is 0 Å². The van der Waals surface area contributed by atoms with Crippen molar-refractivity contribution in [2.24, 2.45) is 0 Å². The van der Waals surface area contributed by atoms with E-state index >= 15 is 0 Å². The van der Waals surface area contributed by atoms with E-state index in [1.54, 1.807) is 14.2 Å². The molecule has 0 aliphatic rings. The number of methoxy groups -OCH3 is 2. The molecule has 1 aromatic heterocycles. The molecule has 0 bridgehead atoms. The van der Waals surface area contributed by atoms with Crippen LogP contribution in [-0.4, -0.2) is 32.4 Å². The first-order chi connectivity index (χ1) is 9.35. The van der Waals surface area contributed by atoms with Crippen LogP contribution in [0.25, 0.3) is 11.1 Å². The monoisotopic (exact) mass is 259 g/mol. The van der Waals surface area contributed by atoms with Gasteiger partial charge in [-0.1, -0.05) is 30.3 Å². The Hall–Kier alpha value is -1.58. The predicted octanol–water partition coefficient (Wildman–Crippen LogP) is 3.06. The van der Waals surface area contributed by atoms with Gasteiger partial charge in [0.1, 0.15) is 0 Å². The number of aromatic amines is 1. The fourth-order valence-electron chi connectivity index (χ4n) is 2.18. The van der Waals surface area contributed by atoms with Crippen LogP contribution in [0, 0.1) is 0 Å². The van der Waals surface area contributed by atoms with Crippen LogP contribution < -0.4 is 0 Å². The van der Waals surface area contributed by atoms with Crippen molar-refractivity contribution in [2.75, 3.05) is 27.4 Å². The van der Waals surface area contributed by atoms with Gasteiger partial charge in [-0.25, -0.2) is 0 Å². The van der Waals surface area contributed by atoms with Crippen molar-refractivity contribution in [1.82, 2.24) is 4.98 Å². The summed E-state index contributed by atoms with van der Waals surface area (Å²) in [6, 6.07) is 12.7. The molecule has 0 amide bonds. The average molecular weight is 259 g/mol. The van der Waals surface area contributed by atoms with Crippen molar-refractivity contribution in [2.45, 2.75) is 12.8 Å². The summed E-state index contributed by atoms with van der Waals surface area (Å²) in [5.41, 5.74) is 4.96. The Morgan fingerprint density at radius 1 is 0.947 bits per heavy atom. The van der Waals surface area contributed by atoms with Gasteiger partial charge in [0.05, 0.1) is 13.2 Å². The number of rotatable bonds is 7. The zero-order valence-corrected chi connectivity index (χ0v) is 11.6. The standard InChI is InChI=1S/C16H21NO2/c1-18-10-8-14-12-15(13-6-4-3-5-7-13)16(17-14)9-11-19-2/h3-7,12,17H,8-11H2,1-2H3. The normalized spacial score (nSPS) is 10.8. The van der Waals surface area contributed by atoms with Crippen LogP contribution >= 0.6 is 0 Å². The molecule has 1 N–H and O–H groups in total. The summed E-state index contributed by atoms with van der Waals surface area (Å²) in [7, 11) is 3.46. The second kappa shape index (κ2) is 7.12. The van der Waals surface area contributed by atoms with Crippen LogP contribution in [-0.2, 0) is 22.3 Å². The van der Waals surface area contributed by atoms with E-state index in [1.807, 2.05) is 6.07 Å². The zero-order valence-electron chi connectivity index (χ0n) is 11.6. The topological polar surface area (TPSA) is 34.2 Å². The van der Waals surface area contributed by atoms with Crippen molar-refractivity contribution in [3.63, 3.8) is 0 Å². The Labute approximate surface area is 114 Å². The highest BCUT2D eigenvalue weighted by molar-refractivity contribution is 5.67. The van der Waals surface area contributed by atoms with Crippen LogP contribution in [0.2, 0.25) is 0 Å². The minimum atomic E-state index is 0.726. The molecule has 1 heterocycles. The Kier molecular flexibility index (Phi) is 5.19. The SMILES string of the molecule is COCCc1cc(-c2ccccc2)c(CCOC)[nH]1. The highest BCUT2D eigenvalue weighted by Gasteiger charge is 2.09. The van der Waals surface area contributed by atoms with Crippen LogP contribution in [0.5, 0.6) is 0 Å². The van der Waals surface area contributed by atoms with Gasteiger partial charge < -0.3 is 14.5 Å². The molecule has 0 unspecified atom stereocenters. The van der Waals surface area contributed by atoms with Gasteiger partial charge in [0.15, 0.2) is 0 Å². The quantitative estimate of drug-likeness (QED) is 0.829. The number of nitrogens with one attached hydrogen (secondary N) is 1. The second-order valence-electron chi connectivity index (χ2n) is 4.54. The third-order valence-electron chi connectivity index (χ3n) is 3.17. The number of H-pyrrole nitrogens is 1. The molecule has 0 spiro atoms. The van der Waals surface area contributed by atoms with Gasteiger partial charge in [-0.2, -0.15) is 0 Å². The van der Waals surface area contributed by atoms with Gasteiger partial charge in [0.25, 0.3) is 0 Å². The minimum Gasteiger partial charge on any atom is -0.384 e. The number of hydrogen-bond acceptors (Lipinski definition) is 2. The van der Waals surface area contributed by atoms with Crippen molar-refractivity contribution in [1.29, 1.82) is 0 Å². The lowest BCUT2D eigenvalue weighted by molar-refractivity contribution is 0.200. The van der Waals surface area contributed by atoms with Crippen molar-refractivity contribution in [3.8, 4) is 11.1 Å². The van der Waals surface area contributed by atoms with Crippen LogP contribution in [0.1, 0.15) is 11.4 Å². The Morgan fingerprint density at radius 3 is 2.32 bits per heavy atom. The molecule has 0 saturated carbocycles. The lowest BCUT2D eigenvalue weighted by Crippen LogP contribution is -1.98. The first-order valence-corrected chi connectivity index (χ1v) is 6.59. The summed E-state index contributed by atoms with van der Waals surface area (Å²) >= 11 is 0. The largest absolute Gasteiger partial charge is 0.384 e. The maximum atomic E-state index is 5.18. The highest BCUT2D eigenvalue weighted by Crippen LogP contribution is 2.25. The summed E-state index contributed by atoms with van der Waals surface area (Å²) < 4.78 is 10.3. The van der Waals surface area contributed by atoms with E-state index in [-0.39, 0.29) is 0 Å². The van der Waals surface area contributed by atoms with E-state index in [2.05, 4.69) is 35.3 Å². The molecule has 0 radical (unpaired) electrons. The molecule has 102 valence electrons. The smallest absolute Gasteiger partial charge is 0.0517 e. The molecule has 0 aliphatic heterocycles. The molecular weight excluding hydrogens is 238 g/mol. The molecule has 3 nitrogen and oxygen atoms in total. The van der Waals surface area contributed by atoms with E-state index < -0.39 is 0 Å². The van der Waals surface area contributed by atoms with E-state index in [1.165, 1.54) is 22.5 Å². The van der Waals surface area contributed by atoms with Crippen LogP contribution in [0.4, 0.5) is 0 Å². The summed E-state index contributed by atoms with van der Waals surface area (Å²) in [5.74, 6) is 0. The number of hydrogen-bond donors (Lipinski definition) is 1. The average Bonchev–Trinajstić information content (AvgIpc) is 2.87. The molecular formula is C16H21NO2. The molecule has 0 fully saturated rings. The molecule has 3 heteroatoms. The highest BCUT2D eigenvalue weighted by atomic mass is 16.5. The molecule has 2 rings (SSSR count). The van der Waals surface area contributed by atoms with E-state index in [0.717, 1.165) is 26.1 Å². The van der Waals surface area contributed by atoms with Crippen molar-refractivity contribution < 1.29 is 9.47 Å². The predicted molar refractivity (Wildman–Crippen MR) is 77.4 cm³/mol. The first kappa shape index (κ1) is 13.8. The number of aromatic nitrogens is 1. The molecule has 0 saturated heterocycles. The van der Waals surface area contributed by atoms with Crippen molar-refractivity contribution >= 4 is 0 Å². The third-order valence-corrected chi connectivity index (χ3v) is 3.17. The molecule has 0 atom stereocenters. The van der Waals surface area contributed by atoms with Gasteiger partial charge in [0, 0.05) is 44.0 Å². The summed E-state index contributed by atoms with van der Waals surface area (Å²) in [6.07, 6.45) is 1.80. The second-order valence-corrected chi connectivity index (χ2v) is 4.54. The number of benzene rings is 1. The molecule has 0 aliphatic carbocycles. The fourth-order valence-corrected chi connectivity index (χ4v) is 2.18. The summed E-state index contributed by atoms with van der Waals surface area (Å²) in [4.78, 5) is 3.49. The molecule has 2 aromatic rings. The maximum Gasteiger partial charge on any atom is 0.0517 e. The van der Waals surface area contributed by atoms with Gasteiger partial charge >= 0.3 is 0 Å². The van der Waals surface area contributed by atoms with E-state index in [4.69, 9.17) is 9.47 Å². The van der Waals surface area contributed by atoms with Crippen LogP contribution in [0.15, 0.2) is 36.4 Å². The minimum absolute atomic E-state index is 0.726. The summed E-state index contributed by atoms with van der Waals surface area (Å²) in [6.45, 7) is 1.46. The fraction of sp³-hybridized carbons (Fsp3) is 0.375. The zero-order chi connectivity index (χ0) is 13.5. The number of ether oxygens (including phenoxy) is 2. The maximum absolute atomic E-state index is 5.18. The summed E-state index contributed by atoms with van der Waals surface area (Å²) in [5, 5.41) is 0. The molecule has 1 aromatic carbocycles. The third kappa shape index (κ3) is 3.69.